The van der Waals surface area contributed by atoms with Crippen LogP contribution < -0.4 is 21.1 Å². The predicted octanol–water partition coefficient (Wildman–Crippen LogP) is -4.12. The van der Waals surface area contributed by atoms with E-state index in [-0.39, 0.29) is 47.0 Å². The maximum absolute atomic E-state index is 14.1. The van der Waals surface area contributed by atoms with E-state index in [1.807, 2.05) is 0 Å². The number of aliphatic hydroxyl groups is 1. The quantitative estimate of drug-likeness (QED) is 0.204. The average molecular weight is 581 g/mol. The number of aromatic nitrogens is 4. The van der Waals surface area contributed by atoms with Crippen molar-refractivity contribution in [2.75, 3.05) is 23.3 Å². The van der Waals surface area contributed by atoms with Crippen LogP contribution in [0.1, 0.15) is 22.8 Å². The molecule has 4 heterocycles. The number of piperazine rings is 1. The molecule has 46 heavy (non-hydrogen) atoms. The average Bonchev–Trinajstić information content (AvgIpc) is 2.95. The summed E-state index contributed by atoms with van der Waals surface area (Å²) < 4.78 is 0.664. The van der Waals surface area contributed by atoms with E-state index in [1.54, 1.807) is 17.0 Å². The number of pyridine rings is 2. The summed E-state index contributed by atoms with van der Waals surface area (Å²) in [5.74, 6) is -0.517. The van der Waals surface area contributed by atoms with Crippen LogP contribution >= 0.6 is 0 Å². The molecule has 2 atom stereocenters. The monoisotopic (exact) mass is 583 g/mol. The van der Waals surface area contributed by atoms with Crippen molar-refractivity contribution >= 4 is 128 Å². The number of Topliss-reactive ketones (excluding diaryl/α,β-unsaturated/α-hetero) is 1. The van der Waals surface area contributed by atoms with Crippen molar-refractivity contribution in [1.29, 1.82) is 0 Å². The van der Waals surface area contributed by atoms with Gasteiger partial charge >= 0.3 is 0 Å². The molecule has 10 nitrogen and oxygen atoms in total. The minimum atomic E-state index is -2.98. The van der Waals surface area contributed by atoms with Crippen molar-refractivity contribution in [3.05, 3.63) is 46.0 Å². The van der Waals surface area contributed by atoms with Crippen LogP contribution in [-0.4, -0.2) is 154 Å². The largest absolute Gasteiger partial charge is 0.402 e. The van der Waals surface area contributed by atoms with E-state index in [0.717, 1.165) is 6.92 Å². The molecule has 0 amide bonds. The molecule has 202 valence electrons. The molecule has 3 N–H and O–H groups in total. The number of hydrogen-bond donors (Lipinski definition) is 3. The summed E-state index contributed by atoms with van der Waals surface area (Å²) in [4.78, 5) is 41.7. The molecule has 1 aliphatic carbocycles. The van der Waals surface area contributed by atoms with Gasteiger partial charge in [0.05, 0.1) is 95.9 Å². The van der Waals surface area contributed by atoms with E-state index in [2.05, 4.69) is 25.6 Å². The second-order valence-electron chi connectivity index (χ2n) is 12.4. The van der Waals surface area contributed by atoms with Crippen LogP contribution in [-0.2, 0) is 5.44 Å². The fraction of sp³-hybridized carbons (Fsp3) is 0.458. The standard InChI is InChI=1S/C24H17B12N7O3/c1-9-12-6-38-17(39-13-4-3-11(5-37-13)42-7-18(25,26)41-19(27,28)8-42)40-15(12)43(16(45)14(9)10(2)44)23(35)20(29,30)21(31,32)24(36,46)22(23,33)34/h3-6,41,46H,7-8H2,1-2H3,(H,37,38,39,40). The maximum Gasteiger partial charge on any atom is 0.263 e. The van der Waals surface area contributed by atoms with Crippen LogP contribution in [0.5, 0.6) is 0 Å². The first kappa shape index (κ1) is 34.7. The molecule has 22 heteroatoms. The topological polar surface area (TPSA) is 125 Å². The molecule has 5 rings (SSSR count). The predicted molar refractivity (Wildman–Crippen MR) is 187 cm³/mol. The second-order valence-corrected chi connectivity index (χ2v) is 12.4. The molecule has 1 aliphatic heterocycles. The van der Waals surface area contributed by atoms with Gasteiger partial charge in [-0.05, 0) is 47.7 Å². The van der Waals surface area contributed by atoms with Crippen LogP contribution in [0.15, 0.2) is 29.3 Å². The van der Waals surface area contributed by atoms with Gasteiger partial charge < -0.3 is 20.6 Å². The fourth-order valence-electron chi connectivity index (χ4n) is 6.23. The lowest BCUT2D eigenvalue weighted by Gasteiger charge is -2.54. The van der Waals surface area contributed by atoms with Crippen LogP contribution in [0, 0.1) is 6.92 Å². The van der Waals surface area contributed by atoms with Gasteiger partial charge in [0.25, 0.3) is 5.56 Å². The Bertz CT molecular complexity index is 1770. The fourth-order valence-corrected chi connectivity index (χ4v) is 6.23. The van der Waals surface area contributed by atoms with Crippen LogP contribution in [0.2, 0.25) is 15.6 Å². The Hall–Kier alpha value is -2.59. The summed E-state index contributed by atoms with van der Waals surface area (Å²) in [6, 6.07) is 3.29. The summed E-state index contributed by atoms with van der Waals surface area (Å²) in [6.07, 6.45) is 2.81. The highest BCUT2D eigenvalue weighted by atomic mass is 16.3. The Morgan fingerprint density at radius 1 is 0.891 bits per heavy atom. The molecular weight excluding hydrogens is 564 g/mol. The maximum atomic E-state index is 14.1. The van der Waals surface area contributed by atoms with Gasteiger partial charge in [-0.1, -0.05) is 15.6 Å². The molecule has 2 fully saturated rings. The van der Waals surface area contributed by atoms with E-state index in [9.17, 15) is 14.7 Å². The molecule has 1 saturated carbocycles. The Morgan fingerprint density at radius 3 is 1.96 bits per heavy atom. The first-order valence-electron chi connectivity index (χ1n) is 13.7. The number of nitrogens with zero attached hydrogens (tertiary/aromatic N) is 5. The minimum Gasteiger partial charge on any atom is -0.402 e. The van der Waals surface area contributed by atoms with Gasteiger partial charge in [-0.15, -0.1) is 0 Å². The molecular formula is C24H17B12N7O3. The summed E-state index contributed by atoms with van der Waals surface area (Å²) in [5, 5.41) is 6.03. The Labute approximate surface area is 282 Å². The number of aryl methyl sites for hydroxylation is 1. The first-order chi connectivity index (χ1) is 20.8. The van der Waals surface area contributed by atoms with E-state index < -0.39 is 48.6 Å². The molecule has 3 aromatic rings. The van der Waals surface area contributed by atoms with Crippen LogP contribution in [0.4, 0.5) is 17.5 Å². The van der Waals surface area contributed by atoms with E-state index in [4.69, 9.17) is 94.2 Å². The summed E-state index contributed by atoms with van der Waals surface area (Å²) in [7, 11) is 74.5. The van der Waals surface area contributed by atoms with Gasteiger partial charge in [0, 0.05) is 30.2 Å². The number of anilines is 3. The van der Waals surface area contributed by atoms with E-state index in [1.165, 1.54) is 19.3 Å². The van der Waals surface area contributed by atoms with E-state index >= 15 is 0 Å². The highest BCUT2D eigenvalue weighted by Gasteiger charge is 2.72. The lowest BCUT2D eigenvalue weighted by molar-refractivity contribution is 0.101. The first-order valence-corrected chi connectivity index (χ1v) is 13.7. The number of ketones is 1. The van der Waals surface area contributed by atoms with Gasteiger partial charge in [0.15, 0.2) is 5.78 Å². The summed E-state index contributed by atoms with van der Waals surface area (Å²) >= 11 is 0. The smallest absolute Gasteiger partial charge is 0.263 e. The highest BCUT2D eigenvalue weighted by Crippen LogP contribution is 2.75. The molecule has 0 spiro atoms. The van der Waals surface area contributed by atoms with Crippen molar-refractivity contribution in [3.8, 4) is 0 Å². The third-order valence-corrected chi connectivity index (χ3v) is 8.81. The van der Waals surface area contributed by atoms with Crippen molar-refractivity contribution in [3.63, 3.8) is 0 Å². The van der Waals surface area contributed by atoms with Gasteiger partial charge in [-0.2, -0.15) is 4.98 Å². The number of carbonyl (C=O) groups is 1. The molecule has 0 bridgehead atoms. The lowest BCUT2D eigenvalue weighted by atomic mass is 9.23. The Balaban J connectivity index is 1.65. The highest BCUT2D eigenvalue weighted by molar-refractivity contribution is 6.65. The third kappa shape index (κ3) is 4.74. The van der Waals surface area contributed by atoms with Crippen LogP contribution in [0.25, 0.3) is 11.0 Å². The zero-order valence-corrected chi connectivity index (χ0v) is 25.2. The summed E-state index contributed by atoms with van der Waals surface area (Å²) in [6.45, 7) is 2.99. The Morgan fingerprint density at radius 2 is 1.48 bits per heavy atom. The molecule has 24 radical (unpaired) electrons. The molecule has 0 aromatic carbocycles. The molecule has 1 saturated heterocycles. The van der Waals surface area contributed by atoms with Crippen molar-refractivity contribution in [1.82, 2.24) is 24.8 Å². The molecule has 2 aliphatic rings. The zero-order valence-electron chi connectivity index (χ0n) is 25.2. The summed E-state index contributed by atoms with van der Waals surface area (Å²) in [5.41, 5.74) is -6.63. The Kier molecular flexibility index (Phi) is 7.89. The normalized spacial score (nSPS) is 27.2. The van der Waals surface area contributed by atoms with Crippen LogP contribution in [0.3, 0.4) is 0 Å². The SMILES string of the molecule is [B]C1([B])CN(c2ccc(Nc3ncc4c(C)c(C(C)=O)c(=O)n(C5([B])C([B])([B])C([B])([B])C([B])(O)C5([B])[B])c4n3)nc2)CC([B])([B])N1. The molecule has 3 aromatic heterocycles. The number of rotatable bonds is 5. The van der Waals surface area contributed by atoms with Gasteiger partial charge in [0.2, 0.25) is 5.95 Å². The minimum absolute atomic E-state index is 0.112. The molecule has 2 unspecified atom stereocenters. The third-order valence-electron chi connectivity index (χ3n) is 8.81. The van der Waals surface area contributed by atoms with E-state index in [0.29, 0.717) is 10.3 Å². The number of carbonyl (C=O) groups excluding carboxylic acids is 1. The zero-order chi connectivity index (χ0) is 34.6. The van der Waals surface area contributed by atoms with Gasteiger partial charge in [-0.25, -0.2) is 9.97 Å². The lowest BCUT2D eigenvalue weighted by Crippen LogP contribution is -2.73. The number of fused-ring (bicyclic) bond motifs is 1. The van der Waals surface area contributed by atoms with Crippen molar-refractivity contribution in [2.45, 2.75) is 51.1 Å². The van der Waals surface area contributed by atoms with Crippen molar-refractivity contribution < 1.29 is 9.90 Å². The van der Waals surface area contributed by atoms with Gasteiger partial charge in [-0.3, -0.25) is 14.2 Å². The van der Waals surface area contributed by atoms with Crippen molar-refractivity contribution in [2.24, 2.45) is 0 Å². The number of hydrogen-bond acceptors (Lipinski definition) is 9. The van der Waals surface area contributed by atoms with Gasteiger partial charge in [0.1, 0.15) is 27.2 Å². The number of nitrogens with one attached hydrogen (secondary N) is 2. The second kappa shape index (κ2) is 10.5.